The van der Waals surface area contributed by atoms with Crippen molar-refractivity contribution in [2.24, 2.45) is 5.92 Å². The van der Waals surface area contributed by atoms with E-state index in [1.165, 1.54) is 22.1 Å². The van der Waals surface area contributed by atoms with Gasteiger partial charge in [0, 0.05) is 35.5 Å². The summed E-state index contributed by atoms with van der Waals surface area (Å²) in [6, 6.07) is 6.54. The van der Waals surface area contributed by atoms with Gasteiger partial charge in [0.15, 0.2) is 0 Å². The molecule has 0 amide bonds. The minimum Gasteiger partial charge on any atom is -0.378 e. The van der Waals surface area contributed by atoms with Gasteiger partial charge in [0.25, 0.3) is 0 Å². The van der Waals surface area contributed by atoms with Crippen LogP contribution in [0.2, 0.25) is 0 Å². The zero-order chi connectivity index (χ0) is 23.8. The molecule has 1 unspecified atom stereocenters. The Kier molecular flexibility index (Phi) is 8.97. The Hall–Kier alpha value is -2.40. The molecule has 2 heterocycles. The fraction of sp³-hybridized carbons (Fsp3) is 0.467. The van der Waals surface area contributed by atoms with Crippen LogP contribution in [0.3, 0.4) is 0 Å². The second kappa shape index (κ2) is 12.3. The van der Waals surface area contributed by atoms with Crippen molar-refractivity contribution in [2.75, 3.05) is 19.8 Å². The Balaban J connectivity index is 1.43. The number of aromatic nitrogens is 1. The molecule has 1 aromatic heterocycles. The molecule has 4 heteroatoms. The first-order valence-electron chi connectivity index (χ1n) is 12.7. The van der Waals surface area contributed by atoms with Crippen LogP contribution in [-0.2, 0) is 14.2 Å². The van der Waals surface area contributed by atoms with E-state index in [1.807, 2.05) is 19.1 Å². The van der Waals surface area contributed by atoms with Crippen molar-refractivity contribution in [3.8, 4) is 0 Å². The van der Waals surface area contributed by atoms with Crippen molar-refractivity contribution in [1.82, 2.24) is 4.98 Å². The van der Waals surface area contributed by atoms with E-state index in [9.17, 15) is 0 Å². The lowest BCUT2D eigenvalue weighted by Gasteiger charge is -2.35. The minimum absolute atomic E-state index is 0.00450. The second-order valence-electron chi connectivity index (χ2n) is 9.66. The summed E-state index contributed by atoms with van der Waals surface area (Å²) in [5, 5.41) is 1.24. The van der Waals surface area contributed by atoms with Crippen LogP contribution in [0.25, 0.3) is 10.9 Å². The number of hydrogen-bond acceptors (Lipinski definition) is 3. The van der Waals surface area contributed by atoms with E-state index >= 15 is 0 Å². The topological polar surface area (TPSA) is 43.5 Å². The minimum atomic E-state index is -0.00450. The monoisotopic (exact) mass is 461 g/mol. The highest BCUT2D eigenvalue weighted by Crippen LogP contribution is 2.37. The van der Waals surface area contributed by atoms with Crippen LogP contribution >= 0.6 is 0 Å². The molecule has 0 radical (unpaired) electrons. The predicted molar refractivity (Wildman–Crippen MR) is 140 cm³/mol. The highest BCUT2D eigenvalue weighted by atomic mass is 16.5. The number of hydrogen-bond donors (Lipinski definition) is 1. The maximum atomic E-state index is 6.60. The molecule has 0 bridgehead atoms. The molecule has 4 nitrogen and oxygen atoms in total. The number of benzene rings is 1. The third kappa shape index (κ3) is 6.82. The van der Waals surface area contributed by atoms with Gasteiger partial charge in [0.2, 0.25) is 0 Å². The number of H-pyrrole nitrogens is 1. The van der Waals surface area contributed by atoms with Crippen molar-refractivity contribution in [3.05, 3.63) is 83.6 Å². The summed E-state index contributed by atoms with van der Waals surface area (Å²) < 4.78 is 19.1. The summed E-state index contributed by atoms with van der Waals surface area (Å²) in [4.78, 5) is 3.43. The maximum absolute atomic E-state index is 6.60. The zero-order valence-corrected chi connectivity index (χ0v) is 20.8. The molecule has 1 aromatic carbocycles. The molecule has 4 rings (SSSR count). The van der Waals surface area contributed by atoms with E-state index in [-0.39, 0.29) is 18.3 Å². The molecule has 2 aliphatic rings. The van der Waals surface area contributed by atoms with Crippen LogP contribution in [0.4, 0.5) is 0 Å². The summed E-state index contributed by atoms with van der Waals surface area (Å²) in [5.41, 5.74) is 5.01. The molecular weight excluding hydrogens is 422 g/mol. The largest absolute Gasteiger partial charge is 0.378 e. The molecule has 182 valence electrons. The van der Waals surface area contributed by atoms with Gasteiger partial charge >= 0.3 is 0 Å². The molecule has 1 aliphatic heterocycles. The number of aryl methyl sites for hydroxylation is 1. The quantitative estimate of drug-likeness (QED) is 0.382. The van der Waals surface area contributed by atoms with Gasteiger partial charge in [-0.15, -0.1) is 0 Å². The van der Waals surface area contributed by atoms with Crippen LogP contribution < -0.4 is 0 Å². The summed E-state index contributed by atoms with van der Waals surface area (Å²) >= 11 is 0. The fourth-order valence-electron chi connectivity index (χ4n) is 4.74. The number of allylic oxidation sites excluding steroid dienone is 6. The standard InChI is InChI=1S/C30H39NO3/c1-4-5-7-10-23(3)19-32-21-26-16-25(33-20-24-11-8-6-9-12-24)17-30(34-26)28-18-31-29-14-13-22(2)15-27(28)29/h4-8,10-11,13-15,18,23,25-26,30-31H,9,12,16-17,19-21H2,1-3H3/b5-4-,10-7-/t23?,25-,26-,30+/m0/s1. The first-order chi connectivity index (χ1) is 16.6. The lowest BCUT2D eigenvalue weighted by Crippen LogP contribution is -2.36. The molecular formula is C30H39NO3. The van der Waals surface area contributed by atoms with Gasteiger partial charge in [-0.3, -0.25) is 0 Å². The summed E-state index contributed by atoms with van der Waals surface area (Å²) in [6.45, 7) is 8.32. The van der Waals surface area contributed by atoms with E-state index in [1.54, 1.807) is 0 Å². The molecule has 1 fully saturated rings. The number of fused-ring (bicyclic) bond motifs is 1. The molecule has 1 saturated heterocycles. The molecule has 2 aromatic rings. The number of ether oxygens (including phenoxy) is 3. The second-order valence-corrected chi connectivity index (χ2v) is 9.66. The van der Waals surface area contributed by atoms with Gasteiger partial charge in [0.1, 0.15) is 0 Å². The predicted octanol–water partition coefficient (Wildman–Crippen LogP) is 7.14. The third-order valence-electron chi connectivity index (χ3n) is 6.61. The van der Waals surface area contributed by atoms with Gasteiger partial charge in [-0.05, 0) is 50.3 Å². The van der Waals surface area contributed by atoms with Gasteiger partial charge in [-0.25, -0.2) is 0 Å². The van der Waals surface area contributed by atoms with E-state index in [4.69, 9.17) is 14.2 Å². The molecule has 0 saturated carbocycles. The normalized spacial score (nSPS) is 24.3. The third-order valence-corrected chi connectivity index (χ3v) is 6.61. The summed E-state index contributed by atoms with van der Waals surface area (Å²) in [6.07, 6.45) is 21.1. The van der Waals surface area contributed by atoms with E-state index < -0.39 is 0 Å². The Labute approximate surface area is 204 Å². The maximum Gasteiger partial charge on any atom is 0.0875 e. The van der Waals surface area contributed by atoms with Crippen molar-refractivity contribution < 1.29 is 14.2 Å². The van der Waals surface area contributed by atoms with Crippen LogP contribution in [0.1, 0.15) is 56.8 Å². The van der Waals surface area contributed by atoms with Gasteiger partial charge in [-0.1, -0.05) is 61.1 Å². The molecule has 0 spiro atoms. The SMILES string of the molecule is C/C=C\C=C/C(C)COC[C@@H]1C[C@H](OCC2=CC=CCC2)C[C@H](c2c[nH]c3ccc(C)cc23)O1. The highest BCUT2D eigenvalue weighted by molar-refractivity contribution is 5.84. The summed E-state index contributed by atoms with van der Waals surface area (Å²) in [5.74, 6) is 0.366. The summed E-state index contributed by atoms with van der Waals surface area (Å²) in [7, 11) is 0. The van der Waals surface area contributed by atoms with E-state index in [0.29, 0.717) is 25.7 Å². The van der Waals surface area contributed by atoms with Gasteiger partial charge in [0.05, 0.1) is 38.1 Å². The molecule has 34 heavy (non-hydrogen) atoms. The van der Waals surface area contributed by atoms with Crippen molar-refractivity contribution in [3.63, 3.8) is 0 Å². The number of aromatic amines is 1. The smallest absolute Gasteiger partial charge is 0.0875 e. The fourth-order valence-corrected chi connectivity index (χ4v) is 4.74. The highest BCUT2D eigenvalue weighted by Gasteiger charge is 2.32. The molecule has 1 N–H and O–H groups in total. The Morgan fingerprint density at radius 3 is 2.97 bits per heavy atom. The first kappa shape index (κ1) is 24.7. The van der Waals surface area contributed by atoms with E-state index in [2.05, 4.69) is 73.6 Å². The average Bonchev–Trinajstić information content (AvgIpc) is 3.26. The van der Waals surface area contributed by atoms with Crippen LogP contribution in [-0.4, -0.2) is 37.0 Å². The first-order valence-corrected chi connectivity index (χ1v) is 12.7. The molecule has 1 aliphatic carbocycles. The van der Waals surface area contributed by atoms with Crippen LogP contribution in [0, 0.1) is 12.8 Å². The molecule has 4 atom stereocenters. The van der Waals surface area contributed by atoms with Crippen LogP contribution in [0.5, 0.6) is 0 Å². The van der Waals surface area contributed by atoms with Crippen molar-refractivity contribution in [1.29, 1.82) is 0 Å². The Bertz CT molecular complexity index is 1040. The lowest BCUT2D eigenvalue weighted by atomic mass is 9.95. The van der Waals surface area contributed by atoms with Crippen molar-refractivity contribution >= 4 is 10.9 Å². The lowest BCUT2D eigenvalue weighted by molar-refractivity contribution is -0.136. The number of rotatable bonds is 10. The Morgan fingerprint density at radius 2 is 2.15 bits per heavy atom. The van der Waals surface area contributed by atoms with E-state index in [0.717, 1.165) is 31.2 Å². The Morgan fingerprint density at radius 1 is 1.24 bits per heavy atom. The van der Waals surface area contributed by atoms with Gasteiger partial charge < -0.3 is 19.2 Å². The number of nitrogens with one attached hydrogen (secondary N) is 1. The zero-order valence-electron chi connectivity index (χ0n) is 20.8. The average molecular weight is 462 g/mol. The van der Waals surface area contributed by atoms with Crippen molar-refractivity contribution in [2.45, 2.75) is 64.8 Å². The van der Waals surface area contributed by atoms with Crippen LogP contribution in [0.15, 0.2) is 72.5 Å². The van der Waals surface area contributed by atoms with Gasteiger partial charge in [-0.2, -0.15) is 0 Å².